The summed E-state index contributed by atoms with van der Waals surface area (Å²) in [6.45, 7) is 4.47. The second kappa shape index (κ2) is 6.07. The van der Waals surface area contributed by atoms with Crippen LogP contribution in [0.4, 0.5) is 0 Å². The molecule has 0 unspecified atom stereocenters. The number of aromatic nitrogens is 3. The van der Waals surface area contributed by atoms with Gasteiger partial charge in [0, 0.05) is 37.3 Å². The summed E-state index contributed by atoms with van der Waals surface area (Å²) in [5, 5.41) is 4.47. The van der Waals surface area contributed by atoms with Gasteiger partial charge in [-0.15, -0.1) is 0 Å². The molecule has 136 valence electrons. The van der Waals surface area contributed by atoms with Crippen molar-refractivity contribution in [2.75, 3.05) is 13.7 Å². The summed E-state index contributed by atoms with van der Waals surface area (Å²) in [7, 11) is -2.01. The summed E-state index contributed by atoms with van der Waals surface area (Å²) >= 11 is 0. The Morgan fingerprint density at radius 3 is 2.73 bits per heavy atom. The molecule has 3 aromatic rings. The molecule has 7 nitrogen and oxygen atoms in total. The highest BCUT2D eigenvalue weighted by Crippen LogP contribution is 2.28. The first-order valence-corrected chi connectivity index (χ1v) is 9.82. The maximum atomic E-state index is 13.1. The quantitative estimate of drug-likeness (QED) is 0.704. The van der Waals surface area contributed by atoms with E-state index in [0.717, 1.165) is 28.2 Å². The third-order valence-electron chi connectivity index (χ3n) is 4.74. The molecule has 3 heterocycles. The Morgan fingerprint density at radius 2 is 2.00 bits per heavy atom. The predicted octanol–water partition coefficient (Wildman–Crippen LogP) is 2.10. The lowest BCUT2D eigenvalue weighted by molar-refractivity contribution is 0.383. The molecule has 1 aromatic carbocycles. The summed E-state index contributed by atoms with van der Waals surface area (Å²) < 4.78 is 34.7. The molecule has 2 aromatic heterocycles. The first-order valence-electron chi connectivity index (χ1n) is 8.38. The van der Waals surface area contributed by atoms with Gasteiger partial charge in [-0.3, -0.25) is 0 Å². The smallest absolute Gasteiger partial charge is 0.243 e. The van der Waals surface area contributed by atoms with Gasteiger partial charge in [0.1, 0.15) is 5.75 Å². The SMILES string of the molecule is COc1ccc(S(=O)(=O)N2CCc3c(cnc4cc(C)nn34)C2)cc1C. The molecule has 0 aliphatic carbocycles. The first kappa shape index (κ1) is 17.0. The molecule has 0 amide bonds. The van der Waals surface area contributed by atoms with Crippen LogP contribution in [0.15, 0.2) is 35.4 Å². The largest absolute Gasteiger partial charge is 0.496 e. The number of sulfonamides is 1. The van der Waals surface area contributed by atoms with Gasteiger partial charge in [0.05, 0.1) is 23.4 Å². The van der Waals surface area contributed by atoms with Crippen LogP contribution in [0.3, 0.4) is 0 Å². The van der Waals surface area contributed by atoms with Crippen LogP contribution < -0.4 is 4.74 Å². The first-order chi connectivity index (χ1) is 12.4. The molecule has 0 fully saturated rings. The van der Waals surface area contributed by atoms with Crippen molar-refractivity contribution in [1.82, 2.24) is 18.9 Å². The van der Waals surface area contributed by atoms with E-state index < -0.39 is 10.0 Å². The Balaban J connectivity index is 1.69. The molecule has 1 aliphatic heterocycles. The zero-order chi connectivity index (χ0) is 18.5. The van der Waals surface area contributed by atoms with Crippen molar-refractivity contribution in [1.29, 1.82) is 0 Å². The van der Waals surface area contributed by atoms with E-state index >= 15 is 0 Å². The average Bonchev–Trinajstić information content (AvgIpc) is 3.01. The van der Waals surface area contributed by atoms with Crippen molar-refractivity contribution in [2.45, 2.75) is 31.7 Å². The van der Waals surface area contributed by atoms with Gasteiger partial charge >= 0.3 is 0 Å². The highest BCUT2D eigenvalue weighted by Gasteiger charge is 2.30. The number of fused-ring (bicyclic) bond motifs is 3. The molecule has 4 rings (SSSR count). The monoisotopic (exact) mass is 372 g/mol. The summed E-state index contributed by atoms with van der Waals surface area (Å²) in [5.74, 6) is 0.675. The third kappa shape index (κ3) is 2.65. The van der Waals surface area contributed by atoms with Crippen LogP contribution in [0, 0.1) is 13.8 Å². The van der Waals surface area contributed by atoms with Crippen LogP contribution >= 0.6 is 0 Å². The van der Waals surface area contributed by atoms with E-state index in [9.17, 15) is 8.42 Å². The second-order valence-electron chi connectivity index (χ2n) is 6.51. The van der Waals surface area contributed by atoms with Crippen LogP contribution in [0.1, 0.15) is 22.5 Å². The zero-order valence-electron chi connectivity index (χ0n) is 14.9. The maximum Gasteiger partial charge on any atom is 0.243 e. The molecule has 0 saturated heterocycles. The standard InChI is InChI=1S/C18H20N4O3S/c1-12-8-15(4-5-17(12)25-3)26(23,24)21-7-6-16-14(11-21)10-19-18-9-13(2)20-22(16)18/h4-5,8-10H,6-7,11H2,1-3H3. The highest BCUT2D eigenvalue weighted by atomic mass is 32.2. The summed E-state index contributed by atoms with van der Waals surface area (Å²) in [6, 6.07) is 6.86. The van der Waals surface area contributed by atoms with Gasteiger partial charge in [-0.1, -0.05) is 0 Å². The molecular formula is C18H20N4O3S. The predicted molar refractivity (Wildman–Crippen MR) is 96.8 cm³/mol. The van der Waals surface area contributed by atoms with Gasteiger partial charge in [0.25, 0.3) is 0 Å². The molecule has 0 saturated carbocycles. The minimum atomic E-state index is -3.58. The van der Waals surface area contributed by atoms with Crippen molar-refractivity contribution in [3.05, 3.63) is 53.0 Å². The summed E-state index contributed by atoms with van der Waals surface area (Å²) in [4.78, 5) is 4.68. The van der Waals surface area contributed by atoms with E-state index in [1.165, 1.54) is 4.31 Å². The molecule has 26 heavy (non-hydrogen) atoms. The molecule has 8 heteroatoms. The zero-order valence-corrected chi connectivity index (χ0v) is 15.7. The Kier molecular flexibility index (Phi) is 3.96. The van der Waals surface area contributed by atoms with Gasteiger partial charge in [-0.25, -0.2) is 17.9 Å². The topological polar surface area (TPSA) is 76.8 Å². The molecule has 0 bridgehead atoms. The minimum absolute atomic E-state index is 0.281. The van der Waals surface area contributed by atoms with Crippen LogP contribution in [0.25, 0.3) is 5.65 Å². The van der Waals surface area contributed by atoms with Crippen LogP contribution in [0.5, 0.6) is 5.75 Å². The number of rotatable bonds is 3. The molecule has 0 atom stereocenters. The van der Waals surface area contributed by atoms with Gasteiger partial charge in [0.15, 0.2) is 5.65 Å². The summed E-state index contributed by atoms with van der Waals surface area (Å²) in [6.07, 6.45) is 2.36. The molecule has 0 N–H and O–H groups in total. The fourth-order valence-electron chi connectivity index (χ4n) is 3.39. The number of hydrogen-bond donors (Lipinski definition) is 0. The second-order valence-corrected chi connectivity index (χ2v) is 8.44. The Bertz CT molecular complexity index is 1110. The Labute approximate surface area is 152 Å². The van der Waals surface area contributed by atoms with Crippen molar-refractivity contribution < 1.29 is 13.2 Å². The number of nitrogens with zero attached hydrogens (tertiary/aromatic N) is 4. The highest BCUT2D eigenvalue weighted by molar-refractivity contribution is 7.89. The van der Waals surface area contributed by atoms with Gasteiger partial charge in [-0.2, -0.15) is 9.40 Å². The number of aryl methyl sites for hydroxylation is 2. The van der Waals surface area contributed by atoms with E-state index in [1.54, 1.807) is 31.5 Å². The van der Waals surface area contributed by atoms with Gasteiger partial charge in [-0.05, 0) is 37.6 Å². The Hall–Kier alpha value is -2.45. The van der Waals surface area contributed by atoms with E-state index in [0.29, 0.717) is 25.3 Å². The Morgan fingerprint density at radius 1 is 1.19 bits per heavy atom. The lowest BCUT2D eigenvalue weighted by atomic mass is 10.1. The van der Waals surface area contributed by atoms with Gasteiger partial charge < -0.3 is 4.74 Å². The normalized spacial score (nSPS) is 15.2. The number of benzene rings is 1. The van der Waals surface area contributed by atoms with E-state index in [4.69, 9.17) is 4.74 Å². The molecule has 0 spiro atoms. The van der Waals surface area contributed by atoms with Crippen molar-refractivity contribution in [3.8, 4) is 5.75 Å². The van der Waals surface area contributed by atoms with Crippen LogP contribution in [-0.2, 0) is 23.0 Å². The molecule has 0 radical (unpaired) electrons. The maximum absolute atomic E-state index is 13.1. The lowest BCUT2D eigenvalue weighted by Gasteiger charge is -2.28. The number of ether oxygens (including phenoxy) is 1. The van der Waals surface area contributed by atoms with E-state index in [2.05, 4.69) is 10.1 Å². The summed E-state index contributed by atoms with van der Waals surface area (Å²) in [5.41, 5.74) is 4.40. The van der Waals surface area contributed by atoms with Crippen molar-refractivity contribution >= 4 is 15.7 Å². The fourth-order valence-corrected chi connectivity index (χ4v) is 4.90. The van der Waals surface area contributed by atoms with Crippen LogP contribution in [-0.4, -0.2) is 41.0 Å². The van der Waals surface area contributed by atoms with E-state index in [1.807, 2.05) is 24.4 Å². The lowest BCUT2D eigenvalue weighted by Crippen LogP contribution is -2.37. The average molecular weight is 372 g/mol. The third-order valence-corrected chi connectivity index (χ3v) is 6.58. The van der Waals surface area contributed by atoms with Crippen molar-refractivity contribution in [3.63, 3.8) is 0 Å². The number of methoxy groups -OCH3 is 1. The van der Waals surface area contributed by atoms with Crippen molar-refractivity contribution in [2.24, 2.45) is 0 Å². The van der Waals surface area contributed by atoms with Crippen LogP contribution in [0.2, 0.25) is 0 Å². The number of hydrogen-bond acceptors (Lipinski definition) is 5. The van der Waals surface area contributed by atoms with Gasteiger partial charge in [0.2, 0.25) is 10.0 Å². The minimum Gasteiger partial charge on any atom is -0.496 e. The molecule has 1 aliphatic rings. The van der Waals surface area contributed by atoms with E-state index in [-0.39, 0.29) is 4.90 Å². The molecular weight excluding hydrogens is 352 g/mol. The fraction of sp³-hybridized carbons (Fsp3) is 0.333.